The van der Waals surface area contributed by atoms with Crippen molar-refractivity contribution in [3.63, 3.8) is 0 Å². The predicted molar refractivity (Wildman–Crippen MR) is 47.0 cm³/mol. The molecule has 0 radical (unpaired) electrons. The lowest BCUT2D eigenvalue weighted by Gasteiger charge is -2.03. The zero-order chi connectivity index (χ0) is 7.82. The number of unbranched alkanes of at least 4 members (excludes halogenated alkanes) is 1. The van der Waals surface area contributed by atoms with Crippen LogP contribution >= 0.6 is 0 Å². The van der Waals surface area contributed by atoms with Crippen molar-refractivity contribution in [3.8, 4) is 0 Å². The fourth-order valence-corrected chi connectivity index (χ4v) is 0.841. The smallest absolute Gasteiger partial charge is 0.0143 e. The molecule has 0 aliphatic carbocycles. The molecule has 0 rings (SSSR count). The first kappa shape index (κ1) is 9.54. The molecular weight excluding hydrogens is 122 g/mol. The normalized spacial score (nSPS) is 11.7. The first-order valence-corrected chi connectivity index (χ1v) is 4.21. The zero-order valence-corrected chi connectivity index (χ0v) is 7.41. The van der Waals surface area contributed by atoms with E-state index in [1.54, 1.807) is 0 Å². The molecule has 1 nitrogen and oxygen atoms in total. The van der Waals surface area contributed by atoms with Crippen molar-refractivity contribution in [2.45, 2.75) is 40.0 Å². The topological polar surface area (TPSA) is 12.0 Å². The Balaban J connectivity index is 3.21. The molecule has 0 spiro atoms. The van der Waals surface area contributed by atoms with Crippen molar-refractivity contribution >= 4 is 0 Å². The molecule has 0 aliphatic heterocycles. The van der Waals surface area contributed by atoms with Crippen LogP contribution in [0.4, 0.5) is 0 Å². The summed E-state index contributed by atoms with van der Waals surface area (Å²) >= 11 is 0. The van der Waals surface area contributed by atoms with Gasteiger partial charge in [0.1, 0.15) is 0 Å². The minimum absolute atomic E-state index is 1.12. The van der Waals surface area contributed by atoms with Crippen molar-refractivity contribution in [1.82, 2.24) is 5.32 Å². The van der Waals surface area contributed by atoms with Gasteiger partial charge in [-0.2, -0.15) is 0 Å². The molecule has 0 atom stereocenters. The quantitative estimate of drug-likeness (QED) is 0.580. The fourth-order valence-electron chi connectivity index (χ4n) is 0.841. The van der Waals surface area contributed by atoms with Gasteiger partial charge in [0.2, 0.25) is 0 Å². The van der Waals surface area contributed by atoms with Crippen LogP contribution in [0.15, 0.2) is 11.8 Å². The molecule has 0 saturated carbocycles. The minimum Gasteiger partial charge on any atom is -0.389 e. The van der Waals surface area contributed by atoms with Crippen molar-refractivity contribution in [1.29, 1.82) is 0 Å². The maximum Gasteiger partial charge on any atom is 0.0143 e. The van der Waals surface area contributed by atoms with Gasteiger partial charge < -0.3 is 5.32 Å². The first-order chi connectivity index (χ1) is 4.81. The van der Waals surface area contributed by atoms with Crippen LogP contribution < -0.4 is 5.32 Å². The molecule has 0 fully saturated rings. The highest BCUT2D eigenvalue weighted by Crippen LogP contribution is 1.91. The Morgan fingerprint density at radius 1 is 1.40 bits per heavy atom. The summed E-state index contributed by atoms with van der Waals surface area (Å²) in [4.78, 5) is 0. The van der Waals surface area contributed by atoms with Gasteiger partial charge in [-0.3, -0.25) is 0 Å². The Morgan fingerprint density at radius 3 is 2.60 bits per heavy atom. The van der Waals surface area contributed by atoms with Crippen LogP contribution in [0, 0.1) is 0 Å². The van der Waals surface area contributed by atoms with Gasteiger partial charge in [-0.25, -0.2) is 0 Å². The Hall–Kier alpha value is -0.460. The van der Waals surface area contributed by atoms with Crippen LogP contribution in [0.3, 0.4) is 0 Å². The Morgan fingerprint density at radius 2 is 2.10 bits per heavy atom. The van der Waals surface area contributed by atoms with Gasteiger partial charge >= 0.3 is 0 Å². The van der Waals surface area contributed by atoms with Crippen molar-refractivity contribution in [2.75, 3.05) is 6.54 Å². The first-order valence-electron chi connectivity index (χ1n) is 4.21. The van der Waals surface area contributed by atoms with E-state index in [-0.39, 0.29) is 0 Å². The van der Waals surface area contributed by atoms with E-state index in [9.17, 15) is 0 Å². The van der Waals surface area contributed by atoms with E-state index in [2.05, 4.69) is 32.2 Å². The van der Waals surface area contributed by atoms with Gasteiger partial charge in [0.15, 0.2) is 0 Å². The van der Waals surface area contributed by atoms with E-state index in [0.29, 0.717) is 0 Å². The molecular formula is C9H19N. The second kappa shape index (κ2) is 6.66. The highest BCUT2D eigenvalue weighted by molar-refractivity contribution is 4.93. The van der Waals surface area contributed by atoms with Gasteiger partial charge in [0, 0.05) is 12.2 Å². The van der Waals surface area contributed by atoms with Gasteiger partial charge in [-0.1, -0.05) is 26.3 Å². The Kier molecular flexibility index (Phi) is 6.35. The summed E-state index contributed by atoms with van der Waals surface area (Å²) in [6.45, 7) is 7.61. The number of nitrogens with one attached hydrogen (secondary N) is 1. The number of hydrogen-bond acceptors (Lipinski definition) is 1. The highest BCUT2D eigenvalue weighted by atomic mass is 14.9. The lowest BCUT2D eigenvalue weighted by molar-refractivity contribution is 0.708. The molecule has 1 N–H and O–H groups in total. The van der Waals surface area contributed by atoms with E-state index < -0.39 is 0 Å². The summed E-state index contributed by atoms with van der Waals surface area (Å²) in [5.41, 5.74) is 1.32. The monoisotopic (exact) mass is 141 g/mol. The number of allylic oxidation sites excluding steroid dienone is 2. The van der Waals surface area contributed by atoms with Gasteiger partial charge in [0.25, 0.3) is 0 Å². The number of rotatable bonds is 5. The number of hydrogen-bond donors (Lipinski definition) is 1. The van der Waals surface area contributed by atoms with Gasteiger partial charge in [-0.05, 0) is 19.8 Å². The summed E-state index contributed by atoms with van der Waals surface area (Å²) in [5, 5.41) is 3.35. The van der Waals surface area contributed by atoms with E-state index in [4.69, 9.17) is 0 Å². The molecule has 0 unspecified atom stereocenters. The Bertz CT molecular complexity index is 94.9. The standard InChI is InChI=1S/C9H19N/c1-4-6-8-10-9(3)7-5-2/h7,10H,4-6,8H2,1-3H3. The van der Waals surface area contributed by atoms with Crippen LogP contribution in [0.5, 0.6) is 0 Å². The third kappa shape index (κ3) is 5.67. The van der Waals surface area contributed by atoms with E-state index in [1.165, 1.54) is 18.5 Å². The van der Waals surface area contributed by atoms with Crippen molar-refractivity contribution in [3.05, 3.63) is 11.8 Å². The Labute approximate surface area is 64.5 Å². The molecule has 10 heavy (non-hydrogen) atoms. The predicted octanol–water partition coefficient (Wildman–Crippen LogP) is 2.69. The van der Waals surface area contributed by atoms with Gasteiger partial charge in [-0.15, -0.1) is 0 Å². The largest absolute Gasteiger partial charge is 0.389 e. The summed E-state index contributed by atoms with van der Waals surface area (Å²) in [5.74, 6) is 0. The lowest BCUT2D eigenvalue weighted by Crippen LogP contribution is -2.11. The second-order valence-corrected chi connectivity index (χ2v) is 2.58. The maximum atomic E-state index is 3.35. The lowest BCUT2D eigenvalue weighted by atomic mass is 10.3. The summed E-state index contributed by atoms with van der Waals surface area (Å²) in [7, 11) is 0. The van der Waals surface area contributed by atoms with Crippen molar-refractivity contribution < 1.29 is 0 Å². The van der Waals surface area contributed by atoms with Gasteiger partial charge in [0.05, 0.1) is 0 Å². The van der Waals surface area contributed by atoms with E-state index in [1.807, 2.05) is 0 Å². The molecule has 0 aromatic carbocycles. The molecule has 0 aromatic rings. The molecule has 60 valence electrons. The minimum atomic E-state index is 1.12. The fraction of sp³-hybridized carbons (Fsp3) is 0.778. The maximum absolute atomic E-state index is 3.35. The highest BCUT2D eigenvalue weighted by Gasteiger charge is 1.84. The van der Waals surface area contributed by atoms with E-state index in [0.717, 1.165) is 13.0 Å². The SMILES string of the molecule is CCC=C(C)NCCCC. The van der Waals surface area contributed by atoms with E-state index >= 15 is 0 Å². The third-order valence-electron chi connectivity index (χ3n) is 1.44. The molecule has 0 amide bonds. The molecule has 0 heterocycles. The second-order valence-electron chi connectivity index (χ2n) is 2.58. The summed E-state index contributed by atoms with van der Waals surface area (Å²) in [6.07, 6.45) is 5.89. The third-order valence-corrected chi connectivity index (χ3v) is 1.44. The average molecular weight is 141 g/mol. The molecule has 1 heteroatoms. The average Bonchev–Trinajstić information content (AvgIpc) is 1.89. The molecule has 0 saturated heterocycles. The van der Waals surface area contributed by atoms with Crippen LogP contribution in [0.1, 0.15) is 40.0 Å². The molecule has 0 bridgehead atoms. The van der Waals surface area contributed by atoms with Crippen LogP contribution in [0.2, 0.25) is 0 Å². The van der Waals surface area contributed by atoms with Crippen LogP contribution in [-0.2, 0) is 0 Å². The summed E-state index contributed by atoms with van der Waals surface area (Å²) in [6, 6.07) is 0. The molecule has 0 aromatic heterocycles. The molecule has 0 aliphatic rings. The zero-order valence-electron chi connectivity index (χ0n) is 7.41. The van der Waals surface area contributed by atoms with Crippen molar-refractivity contribution in [2.24, 2.45) is 0 Å². The van der Waals surface area contributed by atoms with Crippen LogP contribution in [0.25, 0.3) is 0 Å². The summed E-state index contributed by atoms with van der Waals surface area (Å²) < 4.78 is 0. The van der Waals surface area contributed by atoms with Crippen LogP contribution in [-0.4, -0.2) is 6.54 Å².